The van der Waals surface area contributed by atoms with E-state index in [1.165, 1.54) is 205 Å². The molecule has 0 saturated carbocycles. The molecule has 0 spiro atoms. The molecule has 0 aromatic carbocycles. The van der Waals surface area contributed by atoms with Gasteiger partial charge in [-0.2, -0.15) is 0 Å². The van der Waals surface area contributed by atoms with Crippen molar-refractivity contribution in [3.05, 3.63) is 31.0 Å². The third-order valence-corrected chi connectivity index (χ3v) is 9.83. The SMILES string of the molecule is CC.CC.CC.CC.CC=N/C=C\C.CCCCCCCCCCCCCCCCCOCCCC.CCCCOCCCCCCCCCCCCCCCn1ccnc1. The second-order valence-electron chi connectivity index (χ2n) is 15.2. The van der Waals surface area contributed by atoms with E-state index >= 15 is 0 Å². The van der Waals surface area contributed by atoms with Gasteiger partial charge in [0.15, 0.2) is 0 Å². The summed E-state index contributed by atoms with van der Waals surface area (Å²) in [6.45, 7) is 31.6. The van der Waals surface area contributed by atoms with Gasteiger partial charge in [0.25, 0.3) is 0 Å². The van der Waals surface area contributed by atoms with Gasteiger partial charge in [0.05, 0.1) is 6.33 Å². The summed E-state index contributed by atoms with van der Waals surface area (Å²) < 4.78 is 13.4. The van der Waals surface area contributed by atoms with Gasteiger partial charge in [-0.1, -0.05) is 256 Å². The van der Waals surface area contributed by atoms with Crippen molar-refractivity contribution in [2.24, 2.45) is 4.99 Å². The molecule has 1 rings (SSSR count). The summed E-state index contributed by atoms with van der Waals surface area (Å²) in [5.74, 6) is 0. The van der Waals surface area contributed by atoms with Crippen LogP contribution >= 0.6 is 0 Å². The number of imidazole rings is 1. The number of aromatic nitrogens is 2. The topological polar surface area (TPSA) is 48.6 Å². The molecule has 0 amide bonds. The monoisotopic (exact) mass is 866 g/mol. The Kier molecular flexibility index (Phi) is 96.0. The fourth-order valence-electron chi connectivity index (χ4n) is 6.31. The zero-order valence-corrected chi connectivity index (χ0v) is 44.8. The van der Waals surface area contributed by atoms with Crippen molar-refractivity contribution in [3.63, 3.8) is 0 Å². The van der Waals surface area contributed by atoms with Crippen LogP contribution in [-0.2, 0) is 16.0 Å². The van der Waals surface area contributed by atoms with Crippen molar-refractivity contribution >= 4 is 6.21 Å². The molecular weight excluding hydrogens is 747 g/mol. The van der Waals surface area contributed by atoms with Crippen LogP contribution < -0.4 is 0 Å². The minimum absolute atomic E-state index is 0.959. The lowest BCUT2D eigenvalue weighted by molar-refractivity contribution is 0.127. The van der Waals surface area contributed by atoms with Gasteiger partial charge in [-0.05, 0) is 46.0 Å². The van der Waals surface area contributed by atoms with Crippen LogP contribution in [0.2, 0.25) is 0 Å². The Bertz CT molecular complexity index is 751. The van der Waals surface area contributed by atoms with Crippen LogP contribution in [-0.4, -0.2) is 42.2 Å². The molecule has 1 aromatic rings. The molecule has 1 aromatic heterocycles. The molecule has 5 heteroatoms. The number of rotatable bonds is 39. The Morgan fingerprint density at radius 2 is 0.705 bits per heavy atom. The highest BCUT2D eigenvalue weighted by Crippen LogP contribution is 2.14. The summed E-state index contributed by atoms with van der Waals surface area (Å²) in [6, 6.07) is 0. The third-order valence-electron chi connectivity index (χ3n) is 9.83. The molecule has 0 aliphatic heterocycles. The van der Waals surface area contributed by atoms with E-state index in [2.05, 4.69) is 41.5 Å². The molecule has 0 saturated heterocycles. The Morgan fingerprint density at radius 1 is 0.410 bits per heavy atom. The fraction of sp³-hybridized carbons (Fsp3) is 0.893. The summed E-state index contributed by atoms with van der Waals surface area (Å²) in [7, 11) is 0. The molecule has 0 N–H and O–H groups in total. The lowest BCUT2D eigenvalue weighted by atomic mass is 10.0. The van der Waals surface area contributed by atoms with Gasteiger partial charge in [-0.25, -0.2) is 4.98 Å². The van der Waals surface area contributed by atoms with Gasteiger partial charge in [-0.3, -0.25) is 4.99 Å². The normalized spacial score (nSPS) is 10.2. The van der Waals surface area contributed by atoms with Crippen LogP contribution in [0.1, 0.15) is 295 Å². The zero-order chi connectivity index (χ0) is 46.8. The van der Waals surface area contributed by atoms with Crippen molar-refractivity contribution in [2.75, 3.05) is 26.4 Å². The average Bonchev–Trinajstić information content (AvgIpc) is 3.84. The summed E-state index contributed by atoms with van der Waals surface area (Å²) in [4.78, 5) is 7.86. The number of ether oxygens (including phenoxy) is 2. The Morgan fingerprint density at radius 3 is 0.967 bits per heavy atom. The molecular formula is C56H119N3O2. The molecule has 0 unspecified atom stereocenters. The van der Waals surface area contributed by atoms with E-state index in [0.717, 1.165) is 33.0 Å². The second kappa shape index (κ2) is 82.3. The lowest BCUT2D eigenvalue weighted by Crippen LogP contribution is -1.96. The summed E-state index contributed by atoms with van der Waals surface area (Å²) in [6.07, 6.45) is 55.7. The highest BCUT2D eigenvalue weighted by molar-refractivity contribution is 5.54. The second-order valence-corrected chi connectivity index (χ2v) is 15.2. The first-order chi connectivity index (χ1) is 30.3. The van der Waals surface area contributed by atoms with Crippen LogP contribution in [0.15, 0.2) is 36.0 Å². The van der Waals surface area contributed by atoms with E-state index in [0.29, 0.717) is 0 Å². The minimum Gasteiger partial charge on any atom is -0.381 e. The summed E-state index contributed by atoms with van der Waals surface area (Å²) >= 11 is 0. The first kappa shape index (κ1) is 71.2. The predicted octanol–water partition coefficient (Wildman–Crippen LogP) is 20.2. The molecule has 0 atom stereocenters. The number of hydrogen-bond donors (Lipinski definition) is 0. The third kappa shape index (κ3) is 82.8. The highest BCUT2D eigenvalue weighted by atomic mass is 16.5. The maximum Gasteiger partial charge on any atom is 0.0945 e. The van der Waals surface area contributed by atoms with E-state index in [9.17, 15) is 0 Å². The van der Waals surface area contributed by atoms with Crippen molar-refractivity contribution in [1.82, 2.24) is 9.55 Å². The average molecular weight is 867 g/mol. The predicted molar refractivity (Wildman–Crippen MR) is 283 cm³/mol. The number of aliphatic imine (C=N–C) groups is 1. The molecule has 0 radical (unpaired) electrons. The van der Waals surface area contributed by atoms with Gasteiger partial charge in [0.1, 0.15) is 0 Å². The fourth-order valence-corrected chi connectivity index (χ4v) is 6.31. The lowest BCUT2D eigenvalue weighted by Gasteiger charge is -2.04. The van der Waals surface area contributed by atoms with Gasteiger partial charge in [0, 0.05) is 57.8 Å². The van der Waals surface area contributed by atoms with Gasteiger partial charge >= 0.3 is 0 Å². The Labute approximate surface area is 388 Å². The van der Waals surface area contributed by atoms with Crippen molar-refractivity contribution in [1.29, 1.82) is 0 Å². The van der Waals surface area contributed by atoms with E-state index in [1.807, 2.05) is 87.8 Å². The Balaban J connectivity index is -0.000000191. The van der Waals surface area contributed by atoms with Crippen molar-refractivity contribution in [2.45, 2.75) is 302 Å². The van der Waals surface area contributed by atoms with Crippen LogP contribution in [0.5, 0.6) is 0 Å². The van der Waals surface area contributed by atoms with Crippen molar-refractivity contribution < 1.29 is 9.47 Å². The molecule has 0 aliphatic carbocycles. The van der Waals surface area contributed by atoms with Crippen LogP contribution in [0, 0.1) is 0 Å². The summed E-state index contributed by atoms with van der Waals surface area (Å²) in [5, 5.41) is 0. The number of aryl methyl sites for hydroxylation is 1. The number of allylic oxidation sites excluding steroid dienone is 1. The van der Waals surface area contributed by atoms with E-state index in [-0.39, 0.29) is 0 Å². The van der Waals surface area contributed by atoms with E-state index < -0.39 is 0 Å². The van der Waals surface area contributed by atoms with Crippen LogP contribution in [0.4, 0.5) is 0 Å². The maximum atomic E-state index is 5.60. The molecule has 61 heavy (non-hydrogen) atoms. The van der Waals surface area contributed by atoms with Crippen molar-refractivity contribution in [3.8, 4) is 0 Å². The number of hydrogen-bond acceptors (Lipinski definition) is 4. The first-order valence-corrected chi connectivity index (χ1v) is 27.5. The minimum atomic E-state index is 0.959. The highest BCUT2D eigenvalue weighted by Gasteiger charge is 1.97. The quantitative estimate of drug-likeness (QED) is 0.0489. The maximum absolute atomic E-state index is 5.60. The molecule has 370 valence electrons. The Hall–Kier alpha value is -1.46. The van der Waals surface area contributed by atoms with E-state index in [1.54, 1.807) is 12.4 Å². The standard InChI is InChI=1S/C22H42N2O.C21H44O.C5H9N.4C2H6/c1-2-3-20-25-21-16-14-12-10-8-6-4-5-7-9-11-13-15-18-24-19-17-23-22-24;1-3-5-7-8-9-10-11-12-13-14-15-16-17-18-19-21-22-20-6-4-2;1-3-5-6-4-2;4*1-2/h17,19,22H,2-16,18,20-21H2,1H3;3-21H2,1-2H3;3-5H,1-2H3;4*1-2H3/b;;5-3-,6-4?;;;;. The zero-order valence-electron chi connectivity index (χ0n) is 44.8. The number of nitrogens with zero attached hydrogens (tertiary/aromatic N) is 3. The smallest absolute Gasteiger partial charge is 0.0945 e. The molecule has 1 heterocycles. The number of unbranched alkanes of at least 4 members (excludes halogenated alkanes) is 28. The van der Waals surface area contributed by atoms with Crippen LogP contribution in [0.25, 0.3) is 0 Å². The van der Waals surface area contributed by atoms with Gasteiger partial charge < -0.3 is 14.0 Å². The van der Waals surface area contributed by atoms with Gasteiger partial charge in [-0.15, -0.1) is 0 Å². The van der Waals surface area contributed by atoms with E-state index in [4.69, 9.17) is 9.47 Å². The molecule has 0 fully saturated rings. The molecule has 0 bridgehead atoms. The van der Waals surface area contributed by atoms with Crippen LogP contribution in [0.3, 0.4) is 0 Å². The first-order valence-electron chi connectivity index (χ1n) is 27.5. The van der Waals surface area contributed by atoms with Gasteiger partial charge in [0.2, 0.25) is 0 Å². The summed E-state index contributed by atoms with van der Waals surface area (Å²) in [5.41, 5.74) is 0. The molecule has 5 nitrogen and oxygen atoms in total. The molecule has 0 aliphatic rings. The largest absolute Gasteiger partial charge is 0.381 e.